The first kappa shape index (κ1) is 11.5. The molecule has 0 fully saturated rings. The van der Waals surface area contributed by atoms with Crippen LogP contribution in [0.4, 0.5) is 0 Å². The van der Waals surface area contributed by atoms with Crippen LogP contribution >= 0.6 is 0 Å². The zero-order valence-electron chi connectivity index (χ0n) is 9.76. The maximum atomic E-state index is 11.6. The Morgan fingerprint density at radius 2 is 2.00 bits per heavy atom. The highest BCUT2D eigenvalue weighted by Gasteiger charge is 2.33. The van der Waals surface area contributed by atoms with E-state index in [-0.39, 0.29) is 11.2 Å². The monoisotopic (exact) mass is 212 g/mol. The summed E-state index contributed by atoms with van der Waals surface area (Å²) in [5, 5.41) is 0. The van der Waals surface area contributed by atoms with Crippen molar-refractivity contribution < 1.29 is 9.22 Å². The van der Waals surface area contributed by atoms with Crippen molar-refractivity contribution >= 4 is 14.8 Å². The summed E-state index contributed by atoms with van der Waals surface area (Å²) in [6.45, 7) is 10.7. The number of allylic oxidation sites excluding steroid dienone is 2. The summed E-state index contributed by atoms with van der Waals surface area (Å²) in [5.41, 5.74) is 0.166. The van der Waals surface area contributed by atoms with Crippen LogP contribution in [0.2, 0.25) is 13.1 Å². The van der Waals surface area contributed by atoms with E-state index in [9.17, 15) is 4.79 Å². The molecule has 2 nitrogen and oxygen atoms in total. The molecule has 0 aromatic rings. The lowest BCUT2D eigenvalue weighted by atomic mass is 9.80. The van der Waals surface area contributed by atoms with E-state index in [2.05, 4.69) is 33.9 Å². The van der Waals surface area contributed by atoms with E-state index in [0.717, 1.165) is 0 Å². The van der Waals surface area contributed by atoms with Crippen molar-refractivity contribution in [2.75, 3.05) is 0 Å². The molecule has 0 aromatic heterocycles. The summed E-state index contributed by atoms with van der Waals surface area (Å²) in [6.07, 6.45) is 2.65. The van der Waals surface area contributed by atoms with Gasteiger partial charge in [0, 0.05) is 6.42 Å². The molecule has 3 heteroatoms. The number of hydrogen-bond donors (Lipinski definition) is 0. The first-order valence-electron chi connectivity index (χ1n) is 5.22. The van der Waals surface area contributed by atoms with Gasteiger partial charge in [0.2, 0.25) is 9.04 Å². The van der Waals surface area contributed by atoms with E-state index in [1.54, 1.807) is 0 Å². The summed E-state index contributed by atoms with van der Waals surface area (Å²) in [5.74, 6) is 1.16. The molecule has 0 spiro atoms. The molecule has 0 bridgehead atoms. The summed E-state index contributed by atoms with van der Waals surface area (Å²) in [4.78, 5) is 11.6. The molecule has 1 rings (SSSR count). The molecule has 1 aliphatic rings. The topological polar surface area (TPSA) is 26.3 Å². The third-order valence-electron chi connectivity index (χ3n) is 2.51. The summed E-state index contributed by atoms with van der Waals surface area (Å²) < 4.78 is 5.60. The minimum absolute atomic E-state index is 0.166. The Balaban J connectivity index is 2.73. The van der Waals surface area contributed by atoms with Crippen LogP contribution in [-0.4, -0.2) is 14.8 Å². The minimum atomic E-state index is -1.13. The van der Waals surface area contributed by atoms with E-state index in [4.69, 9.17) is 4.43 Å². The van der Waals surface area contributed by atoms with Gasteiger partial charge < -0.3 is 4.43 Å². The molecular weight excluding hydrogens is 192 g/mol. The van der Waals surface area contributed by atoms with Crippen LogP contribution in [0, 0.1) is 11.3 Å². The zero-order valence-corrected chi connectivity index (χ0v) is 10.9. The van der Waals surface area contributed by atoms with Gasteiger partial charge in [-0.05, 0) is 30.5 Å². The molecule has 0 heterocycles. The fourth-order valence-electron chi connectivity index (χ4n) is 1.55. The summed E-state index contributed by atoms with van der Waals surface area (Å²) >= 11 is 0. The van der Waals surface area contributed by atoms with Gasteiger partial charge in [0.05, 0.1) is 0 Å². The van der Waals surface area contributed by atoms with Crippen LogP contribution in [0.15, 0.2) is 11.8 Å². The van der Waals surface area contributed by atoms with Gasteiger partial charge in [-0.2, -0.15) is 0 Å². The fraction of sp³-hybridized carbons (Fsp3) is 0.727. The Labute approximate surface area is 88.1 Å². The van der Waals surface area contributed by atoms with Crippen LogP contribution in [-0.2, 0) is 9.22 Å². The molecule has 0 saturated heterocycles. The van der Waals surface area contributed by atoms with E-state index < -0.39 is 9.04 Å². The summed E-state index contributed by atoms with van der Waals surface area (Å²) in [6, 6.07) is 0. The number of rotatable bonds is 2. The molecule has 1 atom stereocenters. The molecule has 0 radical (unpaired) electrons. The maximum absolute atomic E-state index is 11.6. The Kier molecular flexibility index (Phi) is 3.19. The number of carbonyl (C=O) groups excluding carboxylic acids is 1. The number of ketones is 1. The molecule has 1 unspecified atom stereocenters. The Bertz CT molecular complexity index is 261. The second-order valence-corrected chi connectivity index (χ2v) is 7.63. The fourth-order valence-corrected chi connectivity index (χ4v) is 2.27. The van der Waals surface area contributed by atoms with Crippen LogP contribution in [0.5, 0.6) is 0 Å². The minimum Gasteiger partial charge on any atom is -0.545 e. The van der Waals surface area contributed by atoms with Gasteiger partial charge in [0.1, 0.15) is 5.76 Å². The molecule has 0 amide bonds. The third kappa shape index (κ3) is 2.71. The first-order chi connectivity index (χ1) is 6.30. The molecule has 0 N–H and O–H groups in total. The molecule has 0 saturated carbocycles. The van der Waals surface area contributed by atoms with Gasteiger partial charge in [-0.25, -0.2) is 0 Å². The van der Waals surface area contributed by atoms with Gasteiger partial charge in [-0.3, -0.25) is 4.79 Å². The van der Waals surface area contributed by atoms with Crippen molar-refractivity contribution in [1.29, 1.82) is 0 Å². The van der Waals surface area contributed by atoms with Crippen molar-refractivity contribution in [2.24, 2.45) is 11.3 Å². The van der Waals surface area contributed by atoms with E-state index >= 15 is 0 Å². The van der Waals surface area contributed by atoms with E-state index in [0.29, 0.717) is 18.1 Å². The van der Waals surface area contributed by atoms with Crippen LogP contribution in [0.1, 0.15) is 27.2 Å². The average molecular weight is 212 g/mol. The largest absolute Gasteiger partial charge is 0.545 e. The molecule has 1 aliphatic carbocycles. The highest BCUT2D eigenvalue weighted by atomic mass is 28.3. The molecular formula is C11H20O2Si. The van der Waals surface area contributed by atoms with Gasteiger partial charge in [0.15, 0.2) is 5.78 Å². The predicted molar refractivity (Wildman–Crippen MR) is 60.6 cm³/mol. The van der Waals surface area contributed by atoms with Crippen LogP contribution in [0.3, 0.4) is 0 Å². The second kappa shape index (κ2) is 3.89. The lowest BCUT2D eigenvalue weighted by Crippen LogP contribution is -2.17. The van der Waals surface area contributed by atoms with Crippen LogP contribution < -0.4 is 0 Å². The Morgan fingerprint density at radius 1 is 1.43 bits per heavy atom. The molecule has 0 aromatic carbocycles. The highest BCUT2D eigenvalue weighted by molar-refractivity contribution is 6.49. The van der Waals surface area contributed by atoms with E-state index in [1.807, 2.05) is 6.08 Å². The summed E-state index contributed by atoms with van der Waals surface area (Å²) in [7, 11) is -1.13. The second-order valence-electron chi connectivity index (χ2n) is 5.30. The van der Waals surface area contributed by atoms with Crippen molar-refractivity contribution in [3.63, 3.8) is 0 Å². The van der Waals surface area contributed by atoms with Gasteiger partial charge in [-0.1, -0.05) is 20.8 Å². The zero-order chi connectivity index (χ0) is 10.9. The number of Topliss-reactive ketones (excluding diaryl/α,β-unsaturated/α-hetero) is 1. The van der Waals surface area contributed by atoms with Gasteiger partial charge in [-0.15, -0.1) is 0 Å². The van der Waals surface area contributed by atoms with Crippen LogP contribution in [0.25, 0.3) is 0 Å². The first-order valence-corrected chi connectivity index (χ1v) is 8.00. The SMILES string of the molecule is C[SiH](C)OC1=CC(C(C)(C)C)CC1=O. The third-order valence-corrected chi connectivity index (χ3v) is 3.23. The Hall–Kier alpha value is -0.573. The van der Waals surface area contributed by atoms with Gasteiger partial charge in [0.25, 0.3) is 0 Å². The quantitative estimate of drug-likeness (QED) is 0.657. The van der Waals surface area contributed by atoms with E-state index in [1.165, 1.54) is 0 Å². The lowest BCUT2D eigenvalue weighted by molar-refractivity contribution is -0.117. The maximum Gasteiger partial charge on any atom is 0.229 e. The normalized spacial score (nSPS) is 22.9. The predicted octanol–water partition coefficient (Wildman–Crippen LogP) is 2.51. The van der Waals surface area contributed by atoms with Crippen molar-refractivity contribution in [3.8, 4) is 0 Å². The van der Waals surface area contributed by atoms with Crippen molar-refractivity contribution in [2.45, 2.75) is 40.3 Å². The lowest BCUT2D eigenvalue weighted by Gasteiger charge is -2.23. The molecule has 80 valence electrons. The molecule has 14 heavy (non-hydrogen) atoms. The highest BCUT2D eigenvalue weighted by Crippen LogP contribution is 2.36. The Morgan fingerprint density at radius 3 is 2.36 bits per heavy atom. The smallest absolute Gasteiger partial charge is 0.229 e. The molecule has 0 aliphatic heterocycles. The number of carbonyl (C=O) groups is 1. The van der Waals surface area contributed by atoms with Gasteiger partial charge >= 0.3 is 0 Å². The van der Waals surface area contributed by atoms with Crippen molar-refractivity contribution in [1.82, 2.24) is 0 Å². The average Bonchev–Trinajstić information content (AvgIpc) is 2.30. The van der Waals surface area contributed by atoms with Crippen molar-refractivity contribution in [3.05, 3.63) is 11.8 Å². The standard InChI is InChI=1S/C11H20O2Si/c1-11(2,3)8-6-9(12)10(7-8)13-14(4)5/h7-8,14H,6H2,1-5H3. The number of hydrogen-bond acceptors (Lipinski definition) is 2.